The van der Waals surface area contributed by atoms with E-state index in [9.17, 15) is 0 Å². The molecule has 1 aromatic carbocycles. The van der Waals surface area contributed by atoms with Gasteiger partial charge in [0.25, 0.3) is 0 Å². The number of nitrogens with zero attached hydrogens (tertiary/aromatic N) is 2. The van der Waals surface area contributed by atoms with E-state index in [4.69, 9.17) is 4.74 Å². The molecule has 1 N–H and O–H groups in total. The maximum Gasteiger partial charge on any atom is 0.119 e. The molecule has 0 bridgehead atoms. The number of rotatable bonds is 4. The van der Waals surface area contributed by atoms with Crippen molar-refractivity contribution in [2.75, 3.05) is 14.2 Å². The molecule has 0 aliphatic carbocycles. The number of hydrogen-bond donors (Lipinski definition) is 1. The molecule has 4 nitrogen and oxygen atoms in total. The molecular weight excluding hydrogens is 214 g/mol. The third kappa shape index (κ3) is 2.53. The molecule has 4 heteroatoms. The third-order valence-corrected chi connectivity index (χ3v) is 2.92. The van der Waals surface area contributed by atoms with Crippen LogP contribution in [0.3, 0.4) is 0 Å². The van der Waals surface area contributed by atoms with Gasteiger partial charge >= 0.3 is 0 Å². The number of hydrogen-bond acceptors (Lipinski definition) is 4. The van der Waals surface area contributed by atoms with Gasteiger partial charge in [0, 0.05) is 17.8 Å². The van der Waals surface area contributed by atoms with Crippen molar-refractivity contribution in [1.82, 2.24) is 15.3 Å². The molecular formula is C13H17N3O. The number of likely N-dealkylation sites (N-methyl/N-ethyl adjacent to an activating group) is 1. The molecule has 2 aromatic rings. The molecule has 1 heterocycles. The first-order valence-electron chi connectivity index (χ1n) is 5.69. The quantitative estimate of drug-likeness (QED) is 0.871. The first-order valence-corrected chi connectivity index (χ1v) is 5.69. The fourth-order valence-electron chi connectivity index (χ4n) is 1.77. The van der Waals surface area contributed by atoms with Gasteiger partial charge in [-0.1, -0.05) is 0 Å². The van der Waals surface area contributed by atoms with Gasteiger partial charge in [-0.05, 0) is 32.2 Å². The van der Waals surface area contributed by atoms with Gasteiger partial charge < -0.3 is 10.1 Å². The predicted octanol–water partition coefficient (Wildman–Crippen LogP) is 1.79. The normalized spacial score (nSPS) is 12.6. The Morgan fingerprint density at radius 3 is 2.88 bits per heavy atom. The average molecular weight is 231 g/mol. The highest BCUT2D eigenvalue weighted by molar-refractivity contribution is 5.82. The van der Waals surface area contributed by atoms with Gasteiger partial charge in [0.15, 0.2) is 0 Å². The molecule has 0 spiro atoms. The molecule has 0 aliphatic rings. The molecule has 1 unspecified atom stereocenters. The van der Waals surface area contributed by atoms with Gasteiger partial charge in [0.05, 0.1) is 18.3 Å². The Hall–Kier alpha value is -1.68. The lowest BCUT2D eigenvalue weighted by molar-refractivity contribution is 0.415. The number of aromatic nitrogens is 2. The van der Waals surface area contributed by atoms with E-state index in [0.29, 0.717) is 6.04 Å². The van der Waals surface area contributed by atoms with Crippen molar-refractivity contribution in [3.8, 4) is 5.75 Å². The highest BCUT2D eigenvalue weighted by atomic mass is 16.5. The first-order chi connectivity index (χ1) is 8.24. The Morgan fingerprint density at radius 2 is 2.18 bits per heavy atom. The number of methoxy groups -OCH3 is 1. The van der Waals surface area contributed by atoms with Crippen LogP contribution in [0.15, 0.2) is 24.5 Å². The van der Waals surface area contributed by atoms with Crippen LogP contribution in [0.5, 0.6) is 5.75 Å². The highest BCUT2D eigenvalue weighted by Gasteiger charge is 2.08. The van der Waals surface area contributed by atoms with Gasteiger partial charge in [0.1, 0.15) is 12.1 Å². The summed E-state index contributed by atoms with van der Waals surface area (Å²) in [5.41, 5.74) is 2.01. The summed E-state index contributed by atoms with van der Waals surface area (Å²) < 4.78 is 5.24. The van der Waals surface area contributed by atoms with Gasteiger partial charge in [-0.25, -0.2) is 9.97 Å². The van der Waals surface area contributed by atoms with Crippen LogP contribution in [0.2, 0.25) is 0 Å². The highest BCUT2D eigenvalue weighted by Crippen LogP contribution is 2.21. The lowest BCUT2D eigenvalue weighted by atomic mass is 10.1. The van der Waals surface area contributed by atoms with Crippen molar-refractivity contribution in [3.05, 3.63) is 30.2 Å². The molecule has 1 atom stereocenters. The summed E-state index contributed by atoms with van der Waals surface area (Å²) in [5.74, 6) is 0.839. The van der Waals surface area contributed by atoms with Crippen molar-refractivity contribution >= 4 is 10.9 Å². The minimum absolute atomic E-state index is 0.388. The van der Waals surface area contributed by atoms with Gasteiger partial charge in [-0.3, -0.25) is 0 Å². The van der Waals surface area contributed by atoms with Crippen LogP contribution in [0.1, 0.15) is 12.6 Å². The fourth-order valence-corrected chi connectivity index (χ4v) is 1.77. The Balaban J connectivity index is 2.46. The molecule has 1 aromatic heterocycles. The van der Waals surface area contributed by atoms with E-state index in [1.54, 1.807) is 13.4 Å². The third-order valence-electron chi connectivity index (χ3n) is 2.92. The van der Waals surface area contributed by atoms with Gasteiger partial charge in [0.2, 0.25) is 0 Å². The van der Waals surface area contributed by atoms with Crippen LogP contribution in [-0.4, -0.2) is 30.2 Å². The van der Waals surface area contributed by atoms with E-state index >= 15 is 0 Å². The van der Waals surface area contributed by atoms with E-state index in [0.717, 1.165) is 28.8 Å². The predicted molar refractivity (Wildman–Crippen MR) is 68.3 cm³/mol. The molecule has 0 saturated carbocycles. The number of fused-ring (bicyclic) bond motifs is 1. The van der Waals surface area contributed by atoms with Crippen LogP contribution in [0.4, 0.5) is 0 Å². The standard InChI is InChI=1S/C13H17N3O/c1-9(14-2)6-13-11-7-10(17-3)4-5-12(11)15-8-16-13/h4-5,7-9,14H,6H2,1-3H3. The molecule has 0 radical (unpaired) electrons. The van der Waals surface area contributed by atoms with Crippen molar-refractivity contribution in [1.29, 1.82) is 0 Å². The lowest BCUT2D eigenvalue weighted by Gasteiger charge is -2.11. The van der Waals surface area contributed by atoms with E-state index in [1.165, 1.54) is 0 Å². The van der Waals surface area contributed by atoms with Gasteiger partial charge in [-0.15, -0.1) is 0 Å². The molecule has 0 fully saturated rings. The average Bonchev–Trinajstić information content (AvgIpc) is 2.38. The summed E-state index contributed by atoms with van der Waals surface area (Å²) in [6.07, 6.45) is 2.50. The minimum Gasteiger partial charge on any atom is -0.497 e. The molecule has 17 heavy (non-hydrogen) atoms. The minimum atomic E-state index is 0.388. The number of ether oxygens (including phenoxy) is 1. The second-order valence-electron chi connectivity index (χ2n) is 4.10. The topological polar surface area (TPSA) is 47.0 Å². The van der Waals surface area contributed by atoms with E-state index in [1.807, 2.05) is 25.2 Å². The van der Waals surface area contributed by atoms with Crippen LogP contribution in [0.25, 0.3) is 10.9 Å². The van der Waals surface area contributed by atoms with Crippen molar-refractivity contribution < 1.29 is 4.74 Å². The molecule has 0 saturated heterocycles. The first kappa shape index (κ1) is 11.8. The van der Waals surface area contributed by atoms with E-state index in [2.05, 4.69) is 22.2 Å². The smallest absolute Gasteiger partial charge is 0.119 e. The van der Waals surface area contributed by atoms with Crippen LogP contribution in [-0.2, 0) is 6.42 Å². The maximum absolute atomic E-state index is 5.24. The Morgan fingerprint density at radius 1 is 1.35 bits per heavy atom. The maximum atomic E-state index is 5.24. The zero-order valence-corrected chi connectivity index (χ0v) is 10.4. The zero-order valence-electron chi connectivity index (χ0n) is 10.4. The summed E-state index contributed by atoms with van der Waals surface area (Å²) in [7, 11) is 3.62. The van der Waals surface area contributed by atoms with E-state index in [-0.39, 0.29) is 0 Å². The number of nitrogens with one attached hydrogen (secondary N) is 1. The monoisotopic (exact) mass is 231 g/mol. The van der Waals surface area contributed by atoms with E-state index < -0.39 is 0 Å². The summed E-state index contributed by atoms with van der Waals surface area (Å²) in [4.78, 5) is 8.63. The second kappa shape index (κ2) is 5.10. The lowest BCUT2D eigenvalue weighted by Crippen LogP contribution is -2.24. The summed E-state index contributed by atoms with van der Waals surface area (Å²) >= 11 is 0. The molecule has 0 amide bonds. The second-order valence-corrected chi connectivity index (χ2v) is 4.10. The van der Waals surface area contributed by atoms with Crippen molar-refractivity contribution in [2.45, 2.75) is 19.4 Å². The Labute approximate surface area is 101 Å². The number of benzene rings is 1. The van der Waals surface area contributed by atoms with Crippen LogP contribution < -0.4 is 10.1 Å². The summed E-state index contributed by atoms with van der Waals surface area (Å²) in [5, 5.41) is 4.28. The molecule has 2 rings (SSSR count). The van der Waals surface area contributed by atoms with Crippen molar-refractivity contribution in [2.24, 2.45) is 0 Å². The van der Waals surface area contributed by atoms with Crippen LogP contribution >= 0.6 is 0 Å². The SMILES string of the molecule is CNC(C)Cc1ncnc2ccc(OC)cc12. The van der Waals surface area contributed by atoms with Crippen LogP contribution in [0, 0.1) is 0 Å². The summed E-state index contributed by atoms with van der Waals surface area (Å²) in [6.45, 7) is 2.13. The fraction of sp³-hybridized carbons (Fsp3) is 0.385. The molecule has 0 aliphatic heterocycles. The summed E-state index contributed by atoms with van der Waals surface area (Å²) in [6, 6.07) is 6.26. The van der Waals surface area contributed by atoms with Gasteiger partial charge in [-0.2, -0.15) is 0 Å². The Kier molecular flexibility index (Phi) is 3.54. The molecule has 90 valence electrons. The zero-order chi connectivity index (χ0) is 12.3. The Bertz CT molecular complexity index is 513. The van der Waals surface area contributed by atoms with Crippen molar-refractivity contribution in [3.63, 3.8) is 0 Å². The largest absolute Gasteiger partial charge is 0.497 e.